The fourth-order valence-electron chi connectivity index (χ4n) is 3.41. The van der Waals surface area contributed by atoms with E-state index in [0.29, 0.717) is 36.6 Å². The molecule has 26 heavy (non-hydrogen) atoms. The van der Waals surface area contributed by atoms with Crippen molar-refractivity contribution in [2.45, 2.75) is 31.2 Å². The van der Waals surface area contributed by atoms with E-state index >= 15 is 0 Å². The van der Waals surface area contributed by atoms with Crippen LogP contribution in [-0.4, -0.2) is 19.1 Å². The minimum atomic E-state index is -0.661. The predicted molar refractivity (Wildman–Crippen MR) is 101 cm³/mol. The zero-order chi connectivity index (χ0) is 18.7. The number of benzene rings is 2. The molecule has 1 fully saturated rings. The molecule has 1 aliphatic rings. The highest BCUT2D eigenvalue weighted by Crippen LogP contribution is 2.36. The van der Waals surface area contributed by atoms with Crippen LogP contribution in [-0.2, 0) is 14.9 Å². The Balaban J connectivity index is 1.88. The van der Waals surface area contributed by atoms with E-state index in [-0.39, 0.29) is 10.9 Å². The molecule has 1 atom stereocenters. The first-order chi connectivity index (χ1) is 12.4. The summed E-state index contributed by atoms with van der Waals surface area (Å²) in [6.07, 6.45) is 1.19. The molecule has 1 saturated heterocycles. The van der Waals surface area contributed by atoms with E-state index in [4.69, 9.17) is 27.9 Å². The summed E-state index contributed by atoms with van der Waals surface area (Å²) in [5.41, 5.74) is 0.796. The molecular formula is C20H20Cl2FNO2. The zero-order valence-electron chi connectivity index (χ0n) is 14.4. The lowest BCUT2D eigenvalue weighted by Gasteiger charge is -2.37. The fourth-order valence-corrected chi connectivity index (χ4v) is 3.95. The van der Waals surface area contributed by atoms with Gasteiger partial charge in [0, 0.05) is 18.2 Å². The van der Waals surface area contributed by atoms with Gasteiger partial charge in [-0.1, -0.05) is 53.5 Å². The van der Waals surface area contributed by atoms with E-state index in [1.54, 1.807) is 6.92 Å². The summed E-state index contributed by atoms with van der Waals surface area (Å²) in [5.74, 6) is -0.665. The Labute approximate surface area is 162 Å². The highest BCUT2D eigenvalue weighted by atomic mass is 35.5. The van der Waals surface area contributed by atoms with E-state index in [1.165, 1.54) is 12.1 Å². The molecule has 0 saturated carbocycles. The molecule has 0 aromatic heterocycles. The van der Waals surface area contributed by atoms with Crippen LogP contribution in [0.2, 0.25) is 10.0 Å². The topological polar surface area (TPSA) is 38.3 Å². The van der Waals surface area contributed by atoms with E-state index < -0.39 is 17.3 Å². The molecule has 0 aliphatic carbocycles. The summed E-state index contributed by atoms with van der Waals surface area (Å²) in [6, 6.07) is 11.9. The van der Waals surface area contributed by atoms with E-state index in [1.807, 2.05) is 30.3 Å². The molecule has 0 bridgehead atoms. The normalized spacial score (nSPS) is 17.5. The summed E-state index contributed by atoms with van der Waals surface area (Å²) in [6.45, 7) is 2.82. The monoisotopic (exact) mass is 395 g/mol. The van der Waals surface area contributed by atoms with Crippen molar-refractivity contribution >= 4 is 29.1 Å². The van der Waals surface area contributed by atoms with Gasteiger partial charge in [0.05, 0.1) is 16.5 Å². The summed E-state index contributed by atoms with van der Waals surface area (Å²) in [7, 11) is 0. The lowest BCUT2D eigenvalue weighted by molar-refractivity contribution is -0.131. The molecule has 1 aliphatic heterocycles. The maximum Gasteiger partial charge on any atom is 0.231 e. The van der Waals surface area contributed by atoms with Crippen LogP contribution in [0.5, 0.6) is 0 Å². The maximum atomic E-state index is 13.8. The number of ether oxygens (including phenoxy) is 1. The number of carbonyl (C=O) groups excluding carboxylic acids is 1. The van der Waals surface area contributed by atoms with Crippen molar-refractivity contribution in [1.29, 1.82) is 0 Å². The van der Waals surface area contributed by atoms with Gasteiger partial charge in [0.15, 0.2) is 0 Å². The van der Waals surface area contributed by atoms with Gasteiger partial charge in [0.2, 0.25) is 5.91 Å². The van der Waals surface area contributed by atoms with Crippen LogP contribution in [0.1, 0.15) is 36.9 Å². The number of rotatable bonds is 4. The third-order valence-electron chi connectivity index (χ3n) is 4.96. The van der Waals surface area contributed by atoms with Gasteiger partial charge in [0.25, 0.3) is 0 Å². The minimum Gasteiger partial charge on any atom is -0.381 e. The van der Waals surface area contributed by atoms with Crippen molar-refractivity contribution in [2.24, 2.45) is 0 Å². The molecule has 1 unspecified atom stereocenters. The second-order valence-corrected chi connectivity index (χ2v) is 7.36. The Morgan fingerprint density at radius 3 is 2.46 bits per heavy atom. The van der Waals surface area contributed by atoms with Gasteiger partial charge in [-0.25, -0.2) is 4.39 Å². The van der Waals surface area contributed by atoms with Crippen LogP contribution in [0, 0.1) is 5.82 Å². The van der Waals surface area contributed by atoms with Crippen LogP contribution in [0.25, 0.3) is 0 Å². The van der Waals surface area contributed by atoms with Crippen molar-refractivity contribution in [2.75, 3.05) is 13.2 Å². The Kier molecular flexibility index (Phi) is 5.86. The van der Waals surface area contributed by atoms with Crippen LogP contribution in [0.3, 0.4) is 0 Å². The number of hydrogen-bond donors (Lipinski definition) is 1. The molecule has 2 aromatic rings. The van der Waals surface area contributed by atoms with Crippen molar-refractivity contribution < 1.29 is 13.9 Å². The molecule has 0 radical (unpaired) electrons. The SMILES string of the molecule is CC(NC(=O)C1(c2ccccc2)CCOCC1)c1cc(F)c(Cl)cc1Cl. The molecule has 2 aromatic carbocycles. The average molecular weight is 396 g/mol. The van der Waals surface area contributed by atoms with E-state index in [0.717, 1.165) is 5.56 Å². The summed E-state index contributed by atoms with van der Waals surface area (Å²) in [4.78, 5) is 13.2. The Morgan fingerprint density at radius 2 is 1.81 bits per heavy atom. The number of hydrogen-bond acceptors (Lipinski definition) is 2. The molecule has 1 heterocycles. The second kappa shape index (κ2) is 7.95. The number of nitrogens with one attached hydrogen (secondary N) is 1. The molecule has 138 valence electrons. The van der Waals surface area contributed by atoms with Gasteiger partial charge >= 0.3 is 0 Å². The Bertz CT molecular complexity index is 792. The molecule has 3 nitrogen and oxygen atoms in total. The summed E-state index contributed by atoms with van der Waals surface area (Å²) >= 11 is 12.0. The van der Waals surface area contributed by atoms with Crippen LogP contribution >= 0.6 is 23.2 Å². The third-order valence-corrected chi connectivity index (χ3v) is 5.58. The smallest absolute Gasteiger partial charge is 0.231 e. The predicted octanol–water partition coefficient (Wildman–Crippen LogP) is 5.06. The quantitative estimate of drug-likeness (QED) is 0.734. The lowest BCUT2D eigenvalue weighted by Crippen LogP contribution is -2.48. The van der Waals surface area contributed by atoms with Gasteiger partial charge in [-0.3, -0.25) is 4.79 Å². The number of halogens is 3. The van der Waals surface area contributed by atoms with Crippen molar-refractivity contribution in [3.05, 3.63) is 69.5 Å². The van der Waals surface area contributed by atoms with Gasteiger partial charge in [0.1, 0.15) is 5.82 Å². The highest BCUT2D eigenvalue weighted by molar-refractivity contribution is 6.35. The second-order valence-electron chi connectivity index (χ2n) is 6.54. The minimum absolute atomic E-state index is 0.0394. The molecule has 0 spiro atoms. The van der Waals surface area contributed by atoms with Crippen LogP contribution in [0.4, 0.5) is 4.39 Å². The fraction of sp³-hybridized carbons (Fsp3) is 0.350. The maximum absolute atomic E-state index is 13.8. The van der Waals surface area contributed by atoms with Crippen LogP contribution in [0.15, 0.2) is 42.5 Å². The molecule has 1 amide bonds. The molecule has 6 heteroatoms. The summed E-state index contributed by atoms with van der Waals surface area (Å²) < 4.78 is 19.3. The zero-order valence-corrected chi connectivity index (χ0v) is 15.9. The first-order valence-electron chi connectivity index (χ1n) is 8.53. The first-order valence-corrected chi connectivity index (χ1v) is 9.28. The van der Waals surface area contributed by atoms with Gasteiger partial charge in [-0.05, 0) is 43.0 Å². The number of carbonyl (C=O) groups is 1. The summed E-state index contributed by atoms with van der Waals surface area (Å²) in [5, 5.41) is 3.29. The van der Waals surface area contributed by atoms with Gasteiger partial charge in [-0.15, -0.1) is 0 Å². The average Bonchev–Trinajstić information content (AvgIpc) is 2.65. The standard InChI is InChI=1S/C20H20Cl2FNO2/c1-13(15-11-18(23)17(22)12-16(15)21)24-19(25)20(7-9-26-10-8-20)14-5-3-2-4-6-14/h2-6,11-13H,7-10H2,1H3,(H,24,25). The Morgan fingerprint density at radius 1 is 1.15 bits per heavy atom. The van der Waals surface area contributed by atoms with Crippen LogP contribution < -0.4 is 5.32 Å². The first kappa shape index (κ1) is 19.2. The largest absolute Gasteiger partial charge is 0.381 e. The molecule has 3 rings (SSSR count). The van der Waals surface area contributed by atoms with Crippen molar-refractivity contribution in [1.82, 2.24) is 5.32 Å². The third kappa shape index (κ3) is 3.73. The molecular weight excluding hydrogens is 376 g/mol. The van der Waals surface area contributed by atoms with E-state index in [2.05, 4.69) is 5.32 Å². The van der Waals surface area contributed by atoms with Crippen molar-refractivity contribution in [3.63, 3.8) is 0 Å². The number of amides is 1. The van der Waals surface area contributed by atoms with Crippen molar-refractivity contribution in [3.8, 4) is 0 Å². The molecule has 1 N–H and O–H groups in total. The lowest BCUT2D eigenvalue weighted by atomic mass is 9.73. The Hall–Kier alpha value is -1.62. The van der Waals surface area contributed by atoms with E-state index in [9.17, 15) is 9.18 Å². The van der Waals surface area contributed by atoms with Gasteiger partial charge < -0.3 is 10.1 Å². The van der Waals surface area contributed by atoms with Gasteiger partial charge in [-0.2, -0.15) is 0 Å². The highest BCUT2D eigenvalue weighted by Gasteiger charge is 2.42.